The summed E-state index contributed by atoms with van der Waals surface area (Å²) >= 11 is 5.92. The Bertz CT molecular complexity index is 450. The van der Waals surface area contributed by atoms with Crippen molar-refractivity contribution in [3.8, 4) is 0 Å². The SMILES string of the molecule is CSc1cc(N)cc2cc(I)sc12. The molecule has 0 amide bonds. The van der Waals surface area contributed by atoms with E-state index in [2.05, 4.69) is 34.9 Å². The van der Waals surface area contributed by atoms with Gasteiger partial charge in [0.2, 0.25) is 0 Å². The van der Waals surface area contributed by atoms with Gasteiger partial charge in [-0.1, -0.05) is 0 Å². The molecule has 0 aliphatic carbocycles. The van der Waals surface area contributed by atoms with Gasteiger partial charge in [-0.3, -0.25) is 0 Å². The van der Waals surface area contributed by atoms with Gasteiger partial charge >= 0.3 is 0 Å². The molecule has 0 saturated carbocycles. The molecule has 0 saturated heterocycles. The summed E-state index contributed by atoms with van der Waals surface area (Å²) in [5, 5.41) is 1.26. The van der Waals surface area contributed by atoms with Crippen LogP contribution < -0.4 is 5.73 Å². The molecule has 0 radical (unpaired) electrons. The van der Waals surface area contributed by atoms with Crippen LogP contribution in [0.25, 0.3) is 10.1 Å². The van der Waals surface area contributed by atoms with E-state index in [1.807, 2.05) is 23.5 Å². The van der Waals surface area contributed by atoms with Gasteiger partial charge in [0.1, 0.15) is 0 Å². The predicted molar refractivity (Wildman–Crippen MR) is 70.7 cm³/mol. The van der Waals surface area contributed by atoms with E-state index >= 15 is 0 Å². The van der Waals surface area contributed by atoms with Gasteiger partial charge in [0.25, 0.3) is 0 Å². The Hall–Kier alpha value is 0.0600. The average Bonchev–Trinajstić information content (AvgIpc) is 2.43. The van der Waals surface area contributed by atoms with E-state index in [0.717, 1.165) is 5.69 Å². The fraction of sp³-hybridized carbons (Fsp3) is 0.111. The number of halogens is 1. The Kier molecular flexibility index (Phi) is 2.71. The molecule has 0 aliphatic heterocycles. The number of hydrogen-bond donors (Lipinski definition) is 1. The van der Waals surface area contributed by atoms with Crippen molar-refractivity contribution in [1.82, 2.24) is 0 Å². The van der Waals surface area contributed by atoms with Crippen LogP contribution in [0.5, 0.6) is 0 Å². The van der Waals surface area contributed by atoms with Crippen LogP contribution in [0.1, 0.15) is 0 Å². The Morgan fingerprint density at radius 1 is 1.38 bits per heavy atom. The summed E-state index contributed by atoms with van der Waals surface area (Å²) in [5.74, 6) is 0. The van der Waals surface area contributed by atoms with Crippen LogP contribution in [0.4, 0.5) is 5.69 Å². The molecule has 4 heteroatoms. The normalized spacial score (nSPS) is 10.9. The van der Waals surface area contributed by atoms with Crippen molar-refractivity contribution in [3.05, 3.63) is 21.1 Å². The zero-order chi connectivity index (χ0) is 9.42. The third kappa shape index (κ3) is 1.80. The second-order valence-corrected chi connectivity index (χ2v) is 6.49. The summed E-state index contributed by atoms with van der Waals surface area (Å²) in [4.78, 5) is 1.28. The van der Waals surface area contributed by atoms with E-state index < -0.39 is 0 Å². The second kappa shape index (κ2) is 3.67. The smallest absolute Gasteiger partial charge is 0.0666 e. The van der Waals surface area contributed by atoms with E-state index in [9.17, 15) is 0 Å². The van der Waals surface area contributed by atoms with E-state index in [1.54, 1.807) is 11.8 Å². The van der Waals surface area contributed by atoms with E-state index in [0.29, 0.717) is 0 Å². The lowest BCUT2D eigenvalue weighted by Crippen LogP contribution is -1.83. The van der Waals surface area contributed by atoms with Crippen molar-refractivity contribution in [2.24, 2.45) is 0 Å². The topological polar surface area (TPSA) is 26.0 Å². The lowest BCUT2D eigenvalue weighted by atomic mass is 10.2. The van der Waals surface area contributed by atoms with Gasteiger partial charge in [-0.15, -0.1) is 23.1 Å². The van der Waals surface area contributed by atoms with Crippen LogP contribution in [0.15, 0.2) is 23.1 Å². The third-order valence-corrected chi connectivity index (χ3v) is 4.63. The summed E-state index contributed by atoms with van der Waals surface area (Å²) in [6.45, 7) is 0. The minimum absolute atomic E-state index is 0.853. The number of rotatable bonds is 1. The number of thiophene rings is 1. The third-order valence-electron chi connectivity index (χ3n) is 1.79. The van der Waals surface area contributed by atoms with Crippen LogP contribution in [-0.2, 0) is 0 Å². The van der Waals surface area contributed by atoms with Crippen LogP contribution in [0, 0.1) is 2.88 Å². The van der Waals surface area contributed by atoms with Crippen molar-refractivity contribution in [2.45, 2.75) is 4.90 Å². The van der Waals surface area contributed by atoms with Gasteiger partial charge in [-0.05, 0) is 52.4 Å². The fourth-order valence-corrected chi connectivity index (χ4v) is 3.97. The first-order valence-corrected chi connectivity index (χ1v) is 6.85. The van der Waals surface area contributed by atoms with Crippen LogP contribution >= 0.6 is 45.7 Å². The summed E-state index contributed by atoms with van der Waals surface area (Å²) in [6, 6.07) is 6.25. The molecule has 68 valence electrons. The lowest BCUT2D eigenvalue weighted by Gasteiger charge is -2.00. The van der Waals surface area contributed by atoms with Crippen molar-refractivity contribution in [2.75, 3.05) is 12.0 Å². The maximum absolute atomic E-state index is 5.80. The number of fused-ring (bicyclic) bond motifs is 1. The monoisotopic (exact) mass is 321 g/mol. The minimum Gasteiger partial charge on any atom is -0.399 e. The zero-order valence-corrected chi connectivity index (χ0v) is 10.8. The van der Waals surface area contributed by atoms with Gasteiger partial charge in [0, 0.05) is 15.3 Å². The van der Waals surface area contributed by atoms with E-state index in [-0.39, 0.29) is 0 Å². The second-order valence-electron chi connectivity index (χ2n) is 2.69. The van der Waals surface area contributed by atoms with Crippen LogP contribution in [-0.4, -0.2) is 6.26 Å². The summed E-state index contributed by atoms with van der Waals surface area (Å²) in [7, 11) is 0. The maximum atomic E-state index is 5.80. The number of nitrogen functional groups attached to an aromatic ring is 1. The molecule has 2 N–H and O–H groups in total. The number of anilines is 1. The standard InChI is InChI=1S/C9H8INS2/c1-12-7-4-6(11)2-5-3-8(10)13-9(5)7/h2-4H,11H2,1H3. The van der Waals surface area contributed by atoms with Crippen molar-refractivity contribution >= 4 is 61.5 Å². The molecule has 2 rings (SSSR count). The highest BCUT2D eigenvalue weighted by molar-refractivity contribution is 14.1. The Labute approximate surface area is 98.8 Å². The number of nitrogens with two attached hydrogens (primary N) is 1. The van der Waals surface area contributed by atoms with Crippen molar-refractivity contribution in [1.29, 1.82) is 0 Å². The maximum Gasteiger partial charge on any atom is 0.0666 e. The Morgan fingerprint density at radius 3 is 2.85 bits per heavy atom. The molecule has 0 spiro atoms. The summed E-state index contributed by atoms with van der Waals surface area (Å²) < 4.78 is 2.67. The molecule has 13 heavy (non-hydrogen) atoms. The quantitative estimate of drug-likeness (QED) is 0.491. The molecule has 0 unspecified atom stereocenters. The van der Waals surface area contributed by atoms with Gasteiger partial charge in [-0.2, -0.15) is 0 Å². The summed E-state index contributed by atoms with van der Waals surface area (Å²) in [6.07, 6.45) is 2.08. The highest BCUT2D eigenvalue weighted by Gasteiger charge is 2.05. The highest BCUT2D eigenvalue weighted by atomic mass is 127. The highest BCUT2D eigenvalue weighted by Crippen LogP contribution is 2.35. The molecule has 0 fully saturated rings. The lowest BCUT2D eigenvalue weighted by molar-refractivity contribution is 1.59. The molecule has 1 nitrogen and oxygen atoms in total. The Morgan fingerprint density at radius 2 is 2.15 bits per heavy atom. The van der Waals surface area contributed by atoms with Crippen molar-refractivity contribution < 1.29 is 0 Å². The number of thioether (sulfide) groups is 1. The first kappa shape index (κ1) is 9.61. The Balaban J connectivity index is 2.80. The molecule has 1 heterocycles. The molecule has 1 aromatic carbocycles. The largest absolute Gasteiger partial charge is 0.399 e. The first-order chi connectivity index (χ1) is 6.20. The number of benzene rings is 1. The minimum atomic E-state index is 0.853. The molecule has 2 aromatic rings. The molecular weight excluding hydrogens is 313 g/mol. The van der Waals surface area contributed by atoms with Crippen LogP contribution in [0.3, 0.4) is 0 Å². The molecule has 0 aliphatic rings. The van der Waals surface area contributed by atoms with Gasteiger partial charge in [0.15, 0.2) is 0 Å². The van der Waals surface area contributed by atoms with Gasteiger partial charge in [0.05, 0.1) is 2.88 Å². The molecule has 0 bridgehead atoms. The summed E-state index contributed by atoms with van der Waals surface area (Å²) in [5.41, 5.74) is 6.65. The fourth-order valence-electron chi connectivity index (χ4n) is 1.26. The zero-order valence-electron chi connectivity index (χ0n) is 7.00. The van der Waals surface area contributed by atoms with E-state index in [1.165, 1.54) is 17.9 Å². The number of hydrogen-bond acceptors (Lipinski definition) is 3. The molecule has 0 atom stereocenters. The average molecular weight is 321 g/mol. The predicted octanol–water partition coefficient (Wildman–Crippen LogP) is 3.81. The molecule has 1 aromatic heterocycles. The van der Waals surface area contributed by atoms with Gasteiger partial charge in [-0.25, -0.2) is 0 Å². The van der Waals surface area contributed by atoms with Crippen molar-refractivity contribution in [3.63, 3.8) is 0 Å². The van der Waals surface area contributed by atoms with Crippen LogP contribution in [0.2, 0.25) is 0 Å². The van der Waals surface area contributed by atoms with E-state index in [4.69, 9.17) is 5.73 Å². The van der Waals surface area contributed by atoms with Gasteiger partial charge < -0.3 is 5.73 Å². The first-order valence-electron chi connectivity index (χ1n) is 3.73. The molecular formula is C9H8INS2.